The fraction of sp³-hybridized carbons (Fsp3) is 0.643. The summed E-state index contributed by atoms with van der Waals surface area (Å²) in [7, 11) is 1.96. The summed E-state index contributed by atoms with van der Waals surface area (Å²) >= 11 is 0. The number of hydrogen-bond donors (Lipinski definition) is 1. The summed E-state index contributed by atoms with van der Waals surface area (Å²) in [5, 5.41) is 0. The van der Waals surface area contributed by atoms with Crippen LogP contribution in [0.1, 0.15) is 24.2 Å². The van der Waals surface area contributed by atoms with E-state index in [-0.39, 0.29) is 25.5 Å². The van der Waals surface area contributed by atoms with Crippen LogP contribution in [-0.2, 0) is 18.3 Å². The maximum absolute atomic E-state index is 13.1. The van der Waals surface area contributed by atoms with Crippen molar-refractivity contribution in [2.75, 3.05) is 26.7 Å². The zero-order valence-electron chi connectivity index (χ0n) is 12.8. The van der Waals surface area contributed by atoms with Crippen molar-refractivity contribution in [3.63, 3.8) is 0 Å². The normalized spacial score (nSPS) is 21.0. The highest BCUT2D eigenvalue weighted by molar-refractivity contribution is 5.85. The fourth-order valence-corrected chi connectivity index (χ4v) is 3.75. The number of aromatic nitrogens is 1. The first-order valence-electron chi connectivity index (χ1n) is 7.28. The Hall–Kier alpha value is -1.41. The number of primary amides is 1. The van der Waals surface area contributed by atoms with Crippen LogP contribution in [0.4, 0.5) is 18.0 Å². The molecular weight excluding hydrogens is 333 g/mol. The molecule has 9 heteroatoms. The third-order valence-corrected chi connectivity index (χ3v) is 4.89. The molecule has 1 saturated heterocycles. The molecule has 3 rings (SSSR count). The molecule has 1 aromatic heterocycles. The van der Waals surface area contributed by atoms with Crippen LogP contribution in [-0.4, -0.2) is 47.1 Å². The van der Waals surface area contributed by atoms with E-state index >= 15 is 0 Å². The summed E-state index contributed by atoms with van der Waals surface area (Å²) in [6.07, 6.45) is -3.21. The number of rotatable bonds is 0. The Balaban J connectivity index is 0.00000192. The molecule has 2 aliphatic heterocycles. The number of halogens is 4. The number of fused-ring (bicyclic) bond motifs is 2. The lowest BCUT2D eigenvalue weighted by molar-refractivity contribution is -0.144. The molecule has 0 aromatic carbocycles. The van der Waals surface area contributed by atoms with Gasteiger partial charge in [-0.1, -0.05) is 0 Å². The van der Waals surface area contributed by atoms with Crippen LogP contribution in [0.3, 0.4) is 0 Å². The lowest BCUT2D eigenvalue weighted by Crippen LogP contribution is -2.60. The number of nitrogens with zero attached hydrogens (tertiary/aromatic N) is 3. The van der Waals surface area contributed by atoms with Gasteiger partial charge in [-0.05, 0) is 32.0 Å². The van der Waals surface area contributed by atoms with E-state index in [1.54, 1.807) is 4.90 Å². The van der Waals surface area contributed by atoms with Gasteiger partial charge in [0.2, 0.25) is 0 Å². The van der Waals surface area contributed by atoms with Crippen molar-refractivity contribution >= 4 is 18.4 Å². The molecule has 2 amide bonds. The fourth-order valence-electron chi connectivity index (χ4n) is 3.75. The Bertz CT molecular complexity index is 593. The van der Waals surface area contributed by atoms with Crippen molar-refractivity contribution in [1.29, 1.82) is 0 Å². The first-order chi connectivity index (χ1) is 10.3. The Morgan fingerprint density at radius 2 is 1.78 bits per heavy atom. The van der Waals surface area contributed by atoms with Crippen LogP contribution >= 0.6 is 12.4 Å². The average molecular weight is 353 g/mol. The summed E-state index contributed by atoms with van der Waals surface area (Å²) in [4.78, 5) is 15.5. The molecule has 1 aromatic rings. The van der Waals surface area contributed by atoms with Gasteiger partial charge in [0, 0.05) is 31.9 Å². The van der Waals surface area contributed by atoms with E-state index < -0.39 is 23.4 Å². The SMILES string of the molecule is CN1CCC2(CC1)c1ccc(C(F)(F)F)n1CCN2C(N)=O.Cl. The predicted octanol–water partition coefficient (Wildman–Crippen LogP) is 2.24. The number of alkyl halides is 3. The molecule has 0 radical (unpaired) electrons. The standard InChI is InChI=1S/C14H19F3N4O.ClH/c1-19-6-4-13(5-7-19)10-2-3-11(14(15,16)17)20(10)8-9-21(13)12(18)22;/h2-3H,4-9H2,1H3,(H2,18,22);1H. The molecule has 2 aliphatic rings. The van der Waals surface area contributed by atoms with Crippen LogP contribution in [0.15, 0.2) is 12.1 Å². The summed E-state index contributed by atoms with van der Waals surface area (Å²) in [5.41, 5.74) is 4.68. The van der Waals surface area contributed by atoms with Crippen LogP contribution in [0.25, 0.3) is 0 Å². The van der Waals surface area contributed by atoms with Gasteiger partial charge in [-0.15, -0.1) is 12.4 Å². The van der Waals surface area contributed by atoms with E-state index in [1.165, 1.54) is 10.6 Å². The van der Waals surface area contributed by atoms with Gasteiger partial charge in [0.05, 0.1) is 5.54 Å². The van der Waals surface area contributed by atoms with Crippen molar-refractivity contribution in [1.82, 2.24) is 14.4 Å². The van der Waals surface area contributed by atoms with Gasteiger partial charge in [-0.3, -0.25) is 0 Å². The number of urea groups is 1. The number of nitrogens with two attached hydrogens (primary N) is 1. The molecule has 3 heterocycles. The maximum Gasteiger partial charge on any atom is 0.431 e. The lowest BCUT2D eigenvalue weighted by Gasteiger charge is -2.50. The van der Waals surface area contributed by atoms with Crippen molar-refractivity contribution in [3.05, 3.63) is 23.5 Å². The minimum absolute atomic E-state index is 0. The third kappa shape index (κ3) is 2.78. The van der Waals surface area contributed by atoms with Crippen LogP contribution in [0, 0.1) is 0 Å². The van der Waals surface area contributed by atoms with Crippen molar-refractivity contribution in [2.24, 2.45) is 5.73 Å². The number of hydrogen-bond acceptors (Lipinski definition) is 2. The second-order valence-corrected chi connectivity index (χ2v) is 6.08. The largest absolute Gasteiger partial charge is 0.431 e. The third-order valence-electron chi connectivity index (χ3n) is 4.89. The molecule has 2 N–H and O–H groups in total. The monoisotopic (exact) mass is 352 g/mol. The Morgan fingerprint density at radius 1 is 1.17 bits per heavy atom. The van der Waals surface area contributed by atoms with E-state index in [9.17, 15) is 18.0 Å². The lowest BCUT2D eigenvalue weighted by atomic mass is 9.81. The zero-order valence-corrected chi connectivity index (χ0v) is 13.6. The number of amides is 2. The minimum atomic E-state index is -4.39. The molecular formula is C14H20ClF3N4O. The van der Waals surface area contributed by atoms with E-state index in [2.05, 4.69) is 4.90 Å². The number of likely N-dealkylation sites (tertiary alicyclic amines) is 1. The van der Waals surface area contributed by atoms with Gasteiger partial charge in [-0.25, -0.2) is 4.79 Å². The first kappa shape index (κ1) is 17.9. The van der Waals surface area contributed by atoms with Crippen LogP contribution in [0.2, 0.25) is 0 Å². The second kappa shape index (κ2) is 5.90. The summed E-state index contributed by atoms with van der Waals surface area (Å²) in [6.45, 7) is 1.77. The molecule has 0 unspecified atom stereocenters. The quantitative estimate of drug-likeness (QED) is 0.778. The smallest absolute Gasteiger partial charge is 0.351 e. The topological polar surface area (TPSA) is 54.5 Å². The highest BCUT2D eigenvalue weighted by atomic mass is 35.5. The van der Waals surface area contributed by atoms with Crippen molar-refractivity contribution in [2.45, 2.75) is 31.1 Å². The van der Waals surface area contributed by atoms with E-state index in [1.807, 2.05) is 7.05 Å². The summed E-state index contributed by atoms with van der Waals surface area (Å²) in [6, 6.07) is 2.05. The van der Waals surface area contributed by atoms with Crippen molar-refractivity contribution in [3.8, 4) is 0 Å². The van der Waals surface area contributed by atoms with Crippen LogP contribution in [0.5, 0.6) is 0 Å². The Kier molecular flexibility index (Phi) is 4.60. The summed E-state index contributed by atoms with van der Waals surface area (Å²) in [5.74, 6) is 0. The molecule has 1 spiro atoms. The van der Waals surface area contributed by atoms with Crippen molar-refractivity contribution < 1.29 is 18.0 Å². The average Bonchev–Trinajstić information content (AvgIpc) is 2.87. The molecule has 0 aliphatic carbocycles. The number of piperidine rings is 1. The molecule has 130 valence electrons. The van der Waals surface area contributed by atoms with Gasteiger partial charge in [0.15, 0.2) is 0 Å². The van der Waals surface area contributed by atoms with Gasteiger partial charge in [-0.2, -0.15) is 13.2 Å². The molecule has 23 heavy (non-hydrogen) atoms. The van der Waals surface area contributed by atoms with Gasteiger partial charge >= 0.3 is 12.2 Å². The number of carbonyl (C=O) groups is 1. The van der Waals surface area contributed by atoms with Gasteiger partial charge in [0.25, 0.3) is 0 Å². The Labute approximate surface area is 138 Å². The van der Waals surface area contributed by atoms with E-state index in [4.69, 9.17) is 5.73 Å². The highest BCUT2D eigenvalue weighted by Crippen LogP contribution is 2.44. The molecule has 0 atom stereocenters. The zero-order chi connectivity index (χ0) is 16.1. The maximum atomic E-state index is 13.1. The first-order valence-corrected chi connectivity index (χ1v) is 7.28. The minimum Gasteiger partial charge on any atom is -0.351 e. The highest BCUT2D eigenvalue weighted by Gasteiger charge is 2.49. The molecule has 0 saturated carbocycles. The number of carbonyl (C=O) groups excluding carboxylic acids is 1. The van der Waals surface area contributed by atoms with E-state index in [0.717, 1.165) is 19.2 Å². The predicted molar refractivity (Wildman–Crippen MR) is 81.4 cm³/mol. The van der Waals surface area contributed by atoms with Crippen LogP contribution < -0.4 is 5.73 Å². The molecule has 0 bridgehead atoms. The van der Waals surface area contributed by atoms with Gasteiger partial charge < -0.3 is 20.1 Å². The summed E-state index contributed by atoms with van der Waals surface area (Å²) < 4.78 is 40.8. The van der Waals surface area contributed by atoms with E-state index in [0.29, 0.717) is 18.5 Å². The van der Waals surface area contributed by atoms with Gasteiger partial charge in [0.1, 0.15) is 5.69 Å². The molecule has 1 fully saturated rings. The molecule has 5 nitrogen and oxygen atoms in total. The Morgan fingerprint density at radius 3 is 2.30 bits per heavy atom. The second-order valence-electron chi connectivity index (χ2n) is 6.08.